The number of nitrogens with zero attached hydrogens (tertiary/aromatic N) is 3. The van der Waals surface area contributed by atoms with Gasteiger partial charge in [-0.25, -0.2) is 0 Å². The highest BCUT2D eigenvalue weighted by Gasteiger charge is 2.10. The fourth-order valence-electron chi connectivity index (χ4n) is 1.40. The van der Waals surface area contributed by atoms with Crippen LogP contribution in [0.5, 0.6) is 0 Å². The molecule has 5 heteroatoms. The van der Waals surface area contributed by atoms with Gasteiger partial charge in [0.15, 0.2) is 5.82 Å². The quantitative estimate of drug-likeness (QED) is 0.771. The van der Waals surface area contributed by atoms with E-state index in [2.05, 4.69) is 51.8 Å². The average Bonchev–Trinajstić information content (AvgIpc) is 2.74. The summed E-state index contributed by atoms with van der Waals surface area (Å²) < 4.78 is 0. The molecule has 0 saturated carbocycles. The Balaban J connectivity index is 2.06. The minimum atomic E-state index is -0.202. The van der Waals surface area contributed by atoms with Gasteiger partial charge in [0.2, 0.25) is 0 Å². The molecule has 2 aromatic rings. The SMILES string of the molecule is Cc1ccc(C[C@H](N)c2nn[nH]n2)cc1. The number of tetrazole rings is 1. The summed E-state index contributed by atoms with van der Waals surface area (Å²) in [6.07, 6.45) is 0.722. The molecule has 0 aliphatic heterocycles. The van der Waals surface area contributed by atoms with E-state index >= 15 is 0 Å². The van der Waals surface area contributed by atoms with Crippen molar-refractivity contribution in [3.05, 3.63) is 41.2 Å². The molecule has 0 aliphatic carbocycles. The molecule has 78 valence electrons. The predicted molar refractivity (Wildman–Crippen MR) is 56.0 cm³/mol. The molecule has 0 radical (unpaired) electrons. The summed E-state index contributed by atoms with van der Waals surface area (Å²) in [4.78, 5) is 0. The van der Waals surface area contributed by atoms with E-state index in [9.17, 15) is 0 Å². The van der Waals surface area contributed by atoms with E-state index in [-0.39, 0.29) is 6.04 Å². The molecule has 3 N–H and O–H groups in total. The standard InChI is InChI=1S/C10H13N5/c1-7-2-4-8(5-3-7)6-9(11)10-12-14-15-13-10/h2-5,9H,6,11H2,1H3,(H,12,13,14,15)/t9-/m0/s1. The molecule has 1 aromatic carbocycles. The van der Waals surface area contributed by atoms with Crippen LogP contribution in [0.15, 0.2) is 24.3 Å². The van der Waals surface area contributed by atoms with Gasteiger partial charge in [-0.15, -0.1) is 10.2 Å². The molecule has 0 unspecified atom stereocenters. The van der Waals surface area contributed by atoms with Crippen molar-refractivity contribution in [2.24, 2.45) is 5.73 Å². The van der Waals surface area contributed by atoms with Crippen molar-refractivity contribution in [2.45, 2.75) is 19.4 Å². The van der Waals surface area contributed by atoms with E-state index in [4.69, 9.17) is 5.73 Å². The van der Waals surface area contributed by atoms with Gasteiger partial charge >= 0.3 is 0 Å². The van der Waals surface area contributed by atoms with Crippen LogP contribution >= 0.6 is 0 Å². The van der Waals surface area contributed by atoms with E-state index in [1.165, 1.54) is 11.1 Å². The Hall–Kier alpha value is -1.75. The molecule has 15 heavy (non-hydrogen) atoms. The number of nitrogens with one attached hydrogen (secondary N) is 1. The van der Waals surface area contributed by atoms with Crippen LogP contribution < -0.4 is 5.73 Å². The van der Waals surface area contributed by atoms with Crippen LogP contribution in [0.1, 0.15) is 23.0 Å². The van der Waals surface area contributed by atoms with E-state index in [1.54, 1.807) is 0 Å². The monoisotopic (exact) mass is 203 g/mol. The number of H-pyrrole nitrogens is 1. The van der Waals surface area contributed by atoms with Gasteiger partial charge in [0.1, 0.15) is 0 Å². The molecule has 0 fully saturated rings. The lowest BCUT2D eigenvalue weighted by atomic mass is 10.0. The lowest BCUT2D eigenvalue weighted by Crippen LogP contribution is -2.15. The Labute approximate surface area is 87.7 Å². The van der Waals surface area contributed by atoms with Gasteiger partial charge in [-0.05, 0) is 18.9 Å². The third-order valence-corrected chi connectivity index (χ3v) is 2.27. The Bertz CT molecular complexity index is 406. The average molecular weight is 203 g/mol. The molecule has 0 aliphatic rings. The molecule has 2 rings (SSSR count). The summed E-state index contributed by atoms with van der Waals surface area (Å²) >= 11 is 0. The van der Waals surface area contributed by atoms with Crippen molar-refractivity contribution in [3.8, 4) is 0 Å². The topological polar surface area (TPSA) is 80.5 Å². The van der Waals surface area contributed by atoms with E-state index in [1.807, 2.05) is 0 Å². The molecule has 1 aromatic heterocycles. The van der Waals surface area contributed by atoms with Crippen molar-refractivity contribution >= 4 is 0 Å². The Morgan fingerprint density at radius 2 is 2.07 bits per heavy atom. The number of rotatable bonds is 3. The Kier molecular flexibility index (Phi) is 2.73. The highest BCUT2D eigenvalue weighted by molar-refractivity contribution is 5.22. The summed E-state index contributed by atoms with van der Waals surface area (Å²) in [5, 5.41) is 13.6. The first-order valence-electron chi connectivity index (χ1n) is 4.80. The zero-order valence-electron chi connectivity index (χ0n) is 8.51. The second-order valence-corrected chi connectivity index (χ2v) is 3.57. The van der Waals surface area contributed by atoms with Crippen LogP contribution in [-0.4, -0.2) is 20.6 Å². The summed E-state index contributed by atoms with van der Waals surface area (Å²) in [7, 11) is 0. The summed E-state index contributed by atoms with van der Waals surface area (Å²) in [5.41, 5.74) is 8.35. The number of aryl methyl sites for hydroxylation is 1. The maximum absolute atomic E-state index is 5.92. The molecule has 0 saturated heterocycles. The summed E-state index contributed by atoms with van der Waals surface area (Å²) in [6.45, 7) is 2.06. The molecular formula is C10H13N5. The third kappa shape index (κ3) is 2.38. The minimum Gasteiger partial charge on any atom is -0.321 e. The molecule has 0 bridgehead atoms. The Morgan fingerprint density at radius 1 is 1.33 bits per heavy atom. The van der Waals surface area contributed by atoms with Crippen LogP contribution in [0.3, 0.4) is 0 Å². The van der Waals surface area contributed by atoms with Crippen LogP contribution in [0.4, 0.5) is 0 Å². The van der Waals surface area contributed by atoms with Gasteiger partial charge in [-0.3, -0.25) is 0 Å². The number of benzene rings is 1. The fourth-order valence-corrected chi connectivity index (χ4v) is 1.40. The molecular weight excluding hydrogens is 190 g/mol. The number of aromatic amines is 1. The van der Waals surface area contributed by atoms with Crippen molar-refractivity contribution in [2.75, 3.05) is 0 Å². The molecule has 5 nitrogen and oxygen atoms in total. The predicted octanol–water partition coefficient (Wildman–Crippen LogP) is 0.751. The molecule has 1 heterocycles. The number of hydrogen-bond donors (Lipinski definition) is 2. The minimum absolute atomic E-state index is 0.202. The highest BCUT2D eigenvalue weighted by atomic mass is 15.5. The van der Waals surface area contributed by atoms with Gasteiger partial charge in [-0.1, -0.05) is 35.0 Å². The van der Waals surface area contributed by atoms with Crippen molar-refractivity contribution in [3.63, 3.8) is 0 Å². The zero-order chi connectivity index (χ0) is 10.7. The van der Waals surface area contributed by atoms with E-state index in [0.717, 1.165) is 6.42 Å². The smallest absolute Gasteiger partial charge is 0.191 e. The normalized spacial score (nSPS) is 12.7. The lowest BCUT2D eigenvalue weighted by molar-refractivity contribution is 0.669. The second-order valence-electron chi connectivity index (χ2n) is 3.57. The van der Waals surface area contributed by atoms with Crippen LogP contribution in [-0.2, 0) is 6.42 Å². The molecule has 0 amide bonds. The first-order valence-corrected chi connectivity index (χ1v) is 4.80. The van der Waals surface area contributed by atoms with Gasteiger partial charge in [0.05, 0.1) is 6.04 Å². The summed E-state index contributed by atoms with van der Waals surface area (Å²) in [5.74, 6) is 0.551. The lowest BCUT2D eigenvalue weighted by Gasteiger charge is -2.06. The van der Waals surface area contributed by atoms with Crippen LogP contribution in [0.2, 0.25) is 0 Å². The largest absolute Gasteiger partial charge is 0.321 e. The van der Waals surface area contributed by atoms with Gasteiger partial charge in [0, 0.05) is 0 Å². The van der Waals surface area contributed by atoms with Gasteiger partial charge < -0.3 is 5.73 Å². The van der Waals surface area contributed by atoms with Crippen molar-refractivity contribution in [1.29, 1.82) is 0 Å². The molecule has 1 atom stereocenters. The van der Waals surface area contributed by atoms with Crippen LogP contribution in [0.25, 0.3) is 0 Å². The maximum atomic E-state index is 5.92. The Morgan fingerprint density at radius 3 is 2.67 bits per heavy atom. The zero-order valence-corrected chi connectivity index (χ0v) is 8.51. The van der Waals surface area contributed by atoms with Gasteiger partial charge in [-0.2, -0.15) is 5.21 Å². The number of nitrogens with two attached hydrogens (primary N) is 1. The first kappa shape index (κ1) is 9.79. The van der Waals surface area contributed by atoms with E-state index in [0.29, 0.717) is 5.82 Å². The third-order valence-electron chi connectivity index (χ3n) is 2.27. The maximum Gasteiger partial charge on any atom is 0.191 e. The molecule has 0 spiro atoms. The van der Waals surface area contributed by atoms with Crippen LogP contribution in [0, 0.1) is 6.92 Å². The van der Waals surface area contributed by atoms with Crippen molar-refractivity contribution < 1.29 is 0 Å². The second kappa shape index (κ2) is 4.18. The van der Waals surface area contributed by atoms with E-state index < -0.39 is 0 Å². The summed E-state index contributed by atoms with van der Waals surface area (Å²) in [6, 6.07) is 8.06. The first-order chi connectivity index (χ1) is 7.25. The number of aromatic nitrogens is 4. The number of hydrogen-bond acceptors (Lipinski definition) is 4. The fraction of sp³-hybridized carbons (Fsp3) is 0.300. The highest BCUT2D eigenvalue weighted by Crippen LogP contribution is 2.11. The van der Waals surface area contributed by atoms with Crippen molar-refractivity contribution in [1.82, 2.24) is 20.6 Å². The van der Waals surface area contributed by atoms with Gasteiger partial charge in [0.25, 0.3) is 0 Å².